The van der Waals surface area contributed by atoms with E-state index in [-0.39, 0.29) is 22.8 Å². The monoisotopic (exact) mass is 326 g/mol. The van der Waals surface area contributed by atoms with Crippen LogP contribution in [0.1, 0.15) is 51.5 Å². The first-order valence-electron chi connectivity index (χ1n) is 8.27. The topological polar surface area (TPSA) is 72.2 Å². The zero-order valence-corrected chi connectivity index (χ0v) is 14.3. The molecule has 2 aliphatic rings. The molecular formula is C19H22N2O3. The van der Waals surface area contributed by atoms with Gasteiger partial charge in [-0.25, -0.2) is 0 Å². The Bertz CT molecular complexity index is 769. The van der Waals surface area contributed by atoms with Gasteiger partial charge in [0.2, 0.25) is 0 Å². The second-order valence-electron chi connectivity index (χ2n) is 7.45. The number of carbonyl (C=O) groups is 1. The third-order valence-electron chi connectivity index (χ3n) is 4.63. The van der Waals surface area contributed by atoms with Gasteiger partial charge in [-0.1, -0.05) is 39.0 Å². The van der Waals surface area contributed by atoms with Crippen molar-refractivity contribution in [2.75, 3.05) is 0 Å². The molecule has 3 rings (SSSR count). The Morgan fingerprint density at radius 2 is 2.00 bits per heavy atom. The number of non-ortho nitro benzene ring substituents is 1. The predicted octanol–water partition coefficient (Wildman–Crippen LogP) is 4.22. The lowest BCUT2D eigenvalue weighted by atomic mass is 9.76. The van der Waals surface area contributed by atoms with Gasteiger partial charge in [-0.3, -0.25) is 14.9 Å². The molecule has 0 amide bonds. The fraction of sp³-hybridized carbons (Fsp3) is 0.421. The van der Waals surface area contributed by atoms with Crippen LogP contribution in [0.15, 0.2) is 47.3 Å². The van der Waals surface area contributed by atoms with Gasteiger partial charge < -0.3 is 5.32 Å². The van der Waals surface area contributed by atoms with Crippen molar-refractivity contribution in [3.8, 4) is 0 Å². The second kappa shape index (κ2) is 5.89. The highest BCUT2D eigenvalue weighted by Gasteiger charge is 2.34. The number of ketones is 1. The van der Waals surface area contributed by atoms with Crippen molar-refractivity contribution in [2.24, 2.45) is 5.41 Å². The van der Waals surface area contributed by atoms with Crippen LogP contribution in [0.2, 0.25) is 0 Å². The number of hydrogen-bond acceptors (Lipinski definition) is 4. The van der Waals surface area contributed by atoms with Crippen LogP contribution < -0.4 is 5.32 Å². The molecule has 5 heteroatoms. The molecule has 0 saturated heterocycles. The number of Topliss-reactive ketones (excluding diaryl/α,β-unsaturated/α-hetero) is 1. The van der Waals surface area contributed by atoms with Crippen molar-refractivity contribution in [1.82, 2.24) is 5.32 Å². The van der Waals surface area contributed by atoms with Crippen molar-refractivity contribution in [2.45, 2.75) is 46.0 Å². The number of nitrogens with one attached hydrogen (secondary N) is 1. The first-order valence-corrected chi connectivity index (χ1v) is 8.27. The van der Waals surface area contributed by atoms with Crippen LogP contribution in [0.4, 0.5) is 5.69 Å². The van der Waals surface area contributed by atoms with Crippen molar-refractivity contribution in [1.29, 1.82) is 0 Å². The van der Waals surface area contributed by atoms with E-state index in [0.29, 0.717) is 6.42 Å². The number of dihydropyridines is 1. The smallest absolute Gasteiger partial charge is 0.269 e. The van der Waals surface area contributed by atoms with E-state index < -0.39 is 4.92 Å². The van der Waals surface area contributed by atoms with Crippen LogP contribution in [-0.2, 0) is 4.79 Å². The Morgan fingerprint density at radius 1 is 1.25 bits per heavy atom. The van der Waals surface area contributed by atoms with Gasteiger partial charge in [0, 0.05) is 46.9 Å². The van der Waals surface area contributed by atoms with E-state index >= 15 is 0 Å². The fourth-order valence-corrected chi connectivity index (χ4v) is 3.34. The summed E-state index contributed by atoms with van der Waals surface area (Å²) in [6, 6.07) is 6.62. The van der Waals surface area contributed by atoms with Gasteiger partial charge in [0.05, 0.1) is 4.92 Å². The van der Waals surface area contributed by atoms with Gasteiger partial charge in [0.15, 0.2) is 5.78 Å². The lowest BCUT2D eigenvalue weighted by Gasteiger charge is -2.36. The Labute approximate surface area is 141 Å². The molecule has 1 unspecified atom stereocenters. The maximum absolute atomic E-state index is 12.5. The number of benzene rings is 1. The third-order valence-corrected chi connectivity index (χ3v) is 4.63. The van der Waals surface area contributed by atoms with Crippen molar-refractivity contribution >= 4 is 11.5 Å². The molecule has 0 fully saturated rings. The Kier molecular flexibility index (Phi) is 4.03. The number of hydrogen-bond donors (Lipinski definition) is 1. The lowest BCUT2D eigenvalue weighted by molar-refractivity contribution is -0.384. The largest absolute Gasteiger partial charge is 0.362 e. The second-order valence-corrected chi connectivity index (χ2v) is 7.45. The summed E-state index contributed by atoms with van der Waals surface area (Å²) in [6.45, 7) is 6.35. The van der Waals surface area contributed by atoms with Crippen LogP contribution in [-0.4, -0.2) is 10.7 Å². The number of allylic oxidation sites excluding steroid dienone is 4. The maximum Gasteiger partial charge on any atom is 0.269 e. The van der Waals surface area contributed by atoms with Crippen LogP contribution >= 0.6 is 0 Å². The van der Waals surface area contributed by atoms with Gasteiger partial charge in [-0.05, 0) is 18.4 Å². The van der Waals surface area contributed by atoms with E-state index in [1.807, 2.05) is 6.07 Å². The van der Waals surface area contributed by atoms with E-state index in [1.54, 1.807) is 12.1 Å². The Balaban J connectivity index is 2.13. The highest BCUT2D eigenvalue weighted by molar-refractivity contribution is 5.99. The molecular weight excluding hydrogens is 304 g/mol. The molecule has 126 valence electrons. The van der Waals surface area contributed by atoms with Gasteiger partial charge in [0.25, 0.3) is 5.69 Å². The predicted molar refractivity (Wildman–Crippen MR) is 92.4 cm³/mol. The summed E-state index contributed by atoms with van der Waals surface area (Å²) in [5.41, 5.74) is 3.59. The molecule has 1 heterocycles. The minimum atomic E-state index is -0.392. The summed E-state index contributed by atoms with van der Waals surface area (Å²) in [7, 11) is 0. The molecule has 24 heavy (non-hydrogen) atoms. The molecule has 1 aromatic rings. The Hall–Kier alpha value is -2.43. The molecule has 0 aromatic heterocycles. The summed E-state index contributed by atoms with van der Waals surface area (Å²) in [6.07, 6.45) is 4.30. The molecule has 1 aromatic carbocycles. The Morgan fingerprint density at radius 3 is 2.67 bits per heavy atom. The molecule has 0 saturated carbocycles. The first kappa shape index (κ1) is 16.4. The van der Waals surface area contributed by atoms with Crippen LogP contribution in [0.25, 0.3) is 0 Å². The minimum Gasteiger partial charge on any atom is -0.362 e. The van der Waals surface area contributed by atoms with Gasteiger partial charge in [-0.2, -0.15) is 0 Å². The zero-order valence-electron chi connectivity index (χ0n) is 14.3. The number of rotatable bonds is 2. The minimum absolute atomic E-state index is 0.0575. The number of nitro benzene ring substituents is 1. The van der Waals surface area contributed by atoms with E-state index in [4.69, 9.17) is 0 Å². The van der Waals surface area contributed by atoms with E-state index in [2.05, 4.69) is 32.2 Å². The van der Waals surface area contributed by atoms with Gasteiger partial charge in [-0.15, -0.1) is 0 Å². The van der Waals surface area contributed by atoms with Crippen molar-refractivity contribution < 1.29 is 9.72 Å². The van der Waals surface area contributed by atoms with Crippen LogP contribution in [0.3, 0.4) is 0 Å². The normalized spacial score (nSPS) is 21.0. The number of nitro groups is 1. The first-order chi connectivity index (χ1) is 11.3. The number of carbonyl (C=O) groups excluding carboxylic acids is 1. The molecule has 1 N–H and O–H groups in total. The quantitative estimate of drug-likeness (QED) is 0.652. The molecule has 1 aliphatic heterocycles. The SMILES string of the molecule is CC(C)(C)C1=CC(c2cccc([N+](=O)[O-])c2)C2=C(CCCC2=O)N1. The molecule has 5 nitrogen and oxygen atoms in total. The van der Waals surface area contributed by atoms with Crippen LogP contribution in [0, 0.1) is 15.5 Å². The summed E-state index contributed by atoms with van der Waals surface area (Å²) in [5, 5.41) is 14.6. The highest BCUT2D eigenvalue weighted by atomic mass is 16.6. The van der Waals surface area contributed by atoms with E-state index in [0.717, 1.165) is 35.4 Å². The van der Waals surface area contributed by atoms with Gasteiger partial charge >= 0.3 is 0 Å². The van der Waals surface area contributed by atoms with Crippen LogP contribution in [0.5, 0.6) is 0 Å². The highest BCUT2D eigenvalue weighted by Crippen LogP contribution is 2.41. The zero-order chi connectivity index (χ0) is 17.5. The third kappa shape index (κ3) is 2.98. The molecule has 1 aliphatic carbocycles. The summed E-state index contributed by atoms with van der Waals surface area (Å²) in [4.78, 5) is 23.2. The molecule has 1 atom stereocenters. The van der Waals surface area contributed by atoms with E-state index in [1.165, 1.54) is 6.07 Å². The average molecular weight is 326 g/mol. The molecule has 0 spiro atoms. The van der Waals surface area contributed by atoms with Crippen molar-refractivity contribution in [3.63, 3.8) is 0 Å². The fourth-order valence-electron chi connectivity index (χ4n) is 3.34. The summed E-state index contributed by atoms with van der Waals surface area (Å²) < 4.78 is 0. The van der Waals surface area contributed by atoms with Gasteiger partial charge in [0.1, 0.15) is 0 Å². The lowest BCUT2D eigenvalue weighted by Crippen LogP contribution is -2.33. The summed E-state index contributed by atoms with van der Waals surface area (Å²) >= 11 is 0. The number of nitrogens with zero attached hydrogens (tertiary/aromatic N) is 1. The van der Waals surface area contributed by atoms with Crippen molar-refractivity contribution in [3.05, 3.63) is 63.0 Å². The average Bonchev–Trinajstić information content (AvgIpc) is 2.53. The summed E-state index contributed by atoms with van der Waals surface area (Å²) in [5.74, 6) is -0.0763. The molecule has 0 radical (unpaired) electrons. The van der Waals surface area contributed by atoms with E-state index in [9.17, 15) is 14.9 Å². The standard InChI is InChI=1S/C19H22N2O3/c1-19(2,3)17-11-14(12-6-4-7-13(10-12)21(23)24)18-15(20-17)8-5-9-16(18)22/h4,6-7,10-11,14,20H,5,8-9H2,1-3H3. The molecule has 0 bridgehead atoms. The maximum atomic E-state index is 12.5.